The molecule has 0 aliphatic heterocycles. The summed E-state index contributed by atoms with van der Waals surface area (Å²) in [6.45, 7) is 3.95. The number of nitrogens with one attached hydrogen (secondary N) is 1. The monoisotopic (exact) mass is 353 g/mol. The van der Waals surface area contributed by atoms with E-state index < -0.39 is 0 Å². The minimum atomic E-state index is -0.101. The van der Waals surface area contributed by atoms with Gasteiger partial charge in [-0.15, -0.1) is 11.3 Å². The molecule has 0 atom stereocenters. The zero-order chi connectivity index (χ0) is 17.6. The molecule has 0 radical (unpaired) electrons. The van der Waals surface area contributed by atoms with E-state index in [2.05, 4.69) is 15.3 Å². The normalized spacial score (nSPS) is 10.7. The van der Waals surface area contributed by atoms with Crippen molar-refractivity contribution in [3.05, 3.63) is 59.7 Å². The maximum absolute atomic E-state index is 12.2. The van der Waals surface area contributed by atoms with Crippen LogP contribution in [0.15, 0.2) is 54.0 Å². The summed E-state index contributed by atoms with van der Waals surface area (Å²) in [5.41, 5.74) is 2.30. The van der Waals surface area contributed by atoms with E-state index in [-0.39, 0.29) is 18.4 Å². The maximum atomic E-state index is 12.2. The van der Waals surface area contributed by atoms with Crippen molar-refractivity contribution >= 4 is 22.9 Å². The first-order chi connectivity index (χ1) is 12.1. The number of thiazole rings is 1. The summed E-state index contributed by atoms with van der Waals surface area (Å²) in [7, 11) is 0. The molecule has 2 heterocycles. The number of hydrogen-bond acceptors (Lipinski definition) is 5. The van der Waals surface area contributed by atoms with Crippen molar-refractivity contribution < 1.29 is 9.53 Å². The number of ether oxygens (including phenoxy) is 1. The summed E-state index contributed by atoms with van der Waals surface area (Å²) in [4.78, 5) is 21.0. The van der Waals surface area contributed by atoms with Gasteiger partial charge >= 0.3 is 0 Å². The van der Waals surface area contributed by atoms with Gasteiger partial charge in [0.25, 0.3) is 0 Å². The average Bonchev–Trinajstić information content (AvgIpc) is 3.05. The van der Waals surface area contributed by atoms with Crippen LogP contribution in [0, 0.1) is 0 Å². The van der Waals surface area contributed by atoms with Crippen LogP contribution in [0.2, 0.25) is 0 Å². The smallest absolute Gasteiger partial charge is 0.230 e. The second kappa shape index (κ2) is 7.90. The number of carbonyl (C=O) groups is 1. The fourth-order valence-electron chi connectivity index (χ4n) is 2.25. The summed E-state index contributed by atoms with van der Waals surface area (Å²) < 4.78 is 5.59. The standard InChI is InChI=1S/C19H19N3O2S/c1-13(2)24-16-8-6-14(7-9-16)21-18(23)11-15-12-25-19(22-15)17-5-3-4-10-20-17/h3-10,12-13H,11H2,1-2H3,(H,21,23). The number of anilines is 1. The van der Waals surface area contributed by atoms with Crippen molar-refractivity contribution in [3.63, 3.8) is 0 Å². The Hall–Kier alpha value is -2.73. The van der Waals surface area contributed by atoms with Crippen LogP contribution in [-0.4, -0.2) is 22.0 Å². The molecule has 3 aromatic rings. The first kappa shape index (κ1) is 17.1. The molecule has 1 N–H and O–H groups in total. The van der Waals surface area contributed by atoms with Crippen LogP contribution >= 0.6 is 11.3 Å². The van der Waals surface area contributed by atoms with Gasteiger partial charge in [-0.25, -0.2) is 4.98 Å². The summed E-state index contributed by atoms with van der Waals surface area (Å²) in [5, 5.41) is 5.58. The van der Waals surface area contributed by atoms with Crippen LogP contribution in [0.5, 0.6) is 5.75 Å². The number of nitrogens with zero attached hydrogens (tertiary/aromatic N) is 2. The number of rotatable bonds is 6. The molecule has 0 aliphatic rings. The first-order valence-corrected chi connectivity index (χ1v) is 8.90. The second-order valence-electron chi connectivity index (χ2n) is 5.77. The van der Waals surface area contributed by atoms with Gasteiger partial charge in [-0.3, -0.25) is 9.78 Å². The number of amides is 1. The third-order valence-electron chi connectivity index (χ3n) is 3.29. The predicted octanol–water partition coefficient (Wildman–Crippen LogP) is 4.17. The highest BCUT2D eigenvalue weighted by molar-refractivity contribution is 7.13. The Morgan fingerprint density at radius 2 is 2.00 bits per heavy atom. The Bertz CT molecular complexity index is 829. The zero-order valence-corrected chi connectivity index (χ0v) is 14.9. The molecule has 3 rings (SSSR count). The largest absolute Gasteiger partial charge is 0.491 e. The Kier molecular flexibility index (Phi) is 5.40. The molecule has 2 aromatic heterocycles. The molecule has 0 bridgehead atoms. The number of hydrogen-bond donors (Lipinski definition) is 1. The third kappa shape index (κ3) is 4.87. The molecule has 0 fully saturated rings. The second-order valence-corrected chi connectivity index (χ2v) is 6.63. The van der Waals surface area contributed by atoms with E-state index in [4.69, 9.17) is 4.74 Å². The van der Waals surface area contributed by atoms with Crippen molar-refractivity contribution in [3.8, 4) is 16.5 Å². The fraction of sp³-hybridized carbons (Fsp3) is 0.211. The lowest BCUT2D eigenvalue weighted by Crippen LogP contribution is -2.14. The van der Waals surface area contributed by atoms with Gasteiger partial charge in [0, 0.05) is 17.3 Å². The summed E-state index contributed by atoms with van der Waals surface area (Å²) in [5.74, 6) is 0.683. The molecule has 1 amide bonds. The molecule has 128 valence electrons. The molecule has 0 spiro atoms. The first-order valence-electron chi connectivity index (χ1n) is 8.02. The minimum absolute atomic E-state index is 0.101. The topological polar surface area (TPSA) is 64.1 Å². The molecule has 6 heteroatoms. The van der Waals surface area contributed by atoms with Crippen molar-refractivity contribution in [1.29, 1.82) is 0 Å². The number of aromatic nitrogens is 2. The highest BCUT2D eigenvalue weighted by atomic mass is 32.1. The number of benzene rings is 1. The van der Waals surface area contributed by atoms with Gasteiger partial charge in [-0.1, -0.05) is 6.07 Å². The molecule has 25 heavy (non-hydrogen) atoms. The van der Waals surface area contributed by atoms with Gasteiger partial charge in [0.15, 0.2) is 0 Å². The quantitative estimate of drug-likeness (QED) is 0.722. The van der Waals surface area contributed by atoms with Crippen LogP contribution in [0.25, 0.3) is 10.7 Å². The lowest BCUT2D eigenvalue weighted by atomic mass is 10.2. The van der Waals surface area contributed by atoms with Crippen molar-refractivity contribution in [1.82, 2.24) is 9.97 Å². The third-order valence-corrected chi connectivity index (χ3v) is 4.20. The molecular weight excluding hydrogens is 334 g/mol. The van der Waals surface area contributed by atoms with Crippen LogP contribution in [0.3, 0.4) is 0 Å². The molecule has 0 saturated carbocycles. The van der Waals surface area contributed by atoms with E-state index in [0.29, 0.717) is 0 Å². The Morgan fingerprint density at radius 3 is 2.68 bits per heavy atom. The van der Waals surface area contributed by atoms with Gasteiger partial charge in [0.1, 0.15) is 10.8 Å². The van der Waals surface area contributed by atoms with Gasteiger partial charge in [-0.05, 0) is 50.2 Å². The van der Waals surface area contributed by atoms with Gasteiger partial charge < -0.3 is 10.1 Å². The molecule has 0 saturated heterocycles. The van der Waals surface area contributed by atoms with Gasteiger partial charge in [0.2, 0.25) is 5.91 Å². The number of pyridine rings is 1. The zero-order valence-electron chi connectivity index (χ0n) is 14.1. The van der Waals surface area contributed by atoms with Crippen molar-refractivity contribution in [2.45, 2.75) is 26.4 Å². The van der Waals surface area contributed by atoms with E-state index in [1.54, 1.807) is 6.20 Å². The average molecular weight is 353 g/mol. The van der Waals surface area contributed by atoms with Gasteiger partial charge in [-0.2, -0.15) is 0 Å². The van der Waals surface area contributed by atoms with E-state index in [9.17, 15) is 4.79 Å². The van der Waals surface area contributed by atoms with Gasteiger partial charge in [0.05, 0.1) is 23.9 Å². The van der Waals surface area contributed by atoms with E-state index >= 15 is 0 Å². The minimum Gasteiger partial charge on any atom is -0.491 e. The highest BCUT2D eigenvalue weighted by Crippen LogP contribution is 2.22. The summed E-state index contributed by atoms with van der Waals surface area (Å²) >= 11 is 1.49. The van der Waals surface area contributed by atoms with Crippen LogP contribution in [0.4, 0.5) is 5.69 Å². The van der Waals surface area contributed by atoms with Crippen LogP contribution < -0.4 is 10.1 Å². The Morgan fingerprint density at radius 1 is 1.20 bits per heavy atom. The molecule has 5 nitrogen and oxygen atoms in total. The summed E-state index contributed by atoms with van der Waals surface area (Å²) in [6, 6.07) is 13.0. The van der Waals surface area contributed by atoms with E-state index in [1.807, 2.05) is 61.7 Å². The fourth-order valence-corrected chi connectivity index (χ4v) is 3.05. The van der Waals surface area contributed by atoms with E-state index in [0.717, 1.165) is 27.8 Å². The van der Waals surface area contributed by atoms with Crippen molar-refractivity contribution in [2.75, 3.05) is 5.32 Å². The highest BCUT2D eigenvalue weighted by Gasteiger charge is 2.10. The maximum Gasteiger partial charge on any atom is 0.230 e. The Labute approximate surface area is 150 Å². The van der Waals surface area contributed by atoms with Crippen LogP contribution in [0.1, 0.15) is 19.5 Å². The van der Waals surface area contributed by atoms with E-state index in [1.165, 1.54) is 11.3 Å². The lowest BCUT2D eigenvalue weighted by Gasteiger charge is -2.10. The summed E-state index contributed by atoms with van der Waals surface area (Å²) in [6.07, 6.45) is 2.09. The lowest BCUT2D eigenvalue weighted by molar-refractivity contribution is -0.115. The Balaban J connectivity index is 1.58. The SMILES string of the molecule is CC(C)Oc1ccc(NC(=O)Cc2csc(-c3ccccn3)n2)cc1. The molecule has 0 unspecified atom stereocenters. The van der Waals surface area contributed by atoms with Crippen LogP contribution in [-0.2, 0) is 11.2 Å². The predicted molar refractivity (Wildman–Crippen MR) is 99.9 cm³/mol. The molecular formula is C19H19N3O2S. The molecule has 0 aliphatic carbocycles. The van der Waals surface area contributed by atoms with Crippen molar-refractivity contribution in [2.24, 2.45) is 0 Å². The number of carbonyl (C=O) groups excluding carboxylic acids is 1. The molecule has 1 aromatic carbocycles.